The SMILES string of the molecule is COC(=O)CCCNC(=S)Nc1cccc(Cl)c1Cl. The third kappa shape index (κ3) is 5.63. The summed E-state index contributed by atoms with van der Waals surface area (Å²) in [6.07, 6.45) is 0.988. The normalized spacial score (nSPS) is 9.84. The lowest BCUT2D eigenvalue weighted by Gasteiger charge is -2.12. The van der Waals surface area contributed by atoms with Crippen LogP contribution in [0.4, 0.5) is 5.69 Å². The number of nitrogens with one attached hydrogen (secondary N) is 2. The Labute approximate surface area is 127 Å². The molecule has 7 heteroatoms. The van der Waals surface area contributed by atoms with E-state index in [1.165, 1.54) is 7.11 Å². The van der Waals surface area contributed by atoms with E-state index in [2.05, 4.69) is 15.4 Å². The van der Waals surface area contributed by atoms with Gasteiger partial charge in [0.25, 0.3) is 0 Å². The molecule has 0 heterocycles. The maximum absolute atomic E-state index is 10.9. The number of hydrogen-bond acceptors (Lipinski definition) is 3. The topological polar surface area (TPSA) is 50.4 Å². The summed E-state index contributed by atoms with van der Waals surface area (Å²) in [7, 11) is 1.36. The van der Waals surface area contributed by atoms with E-state index in [-0.39, 0.29) is 5.97 Å². The van der Waals surface area contributed by atoms with Crippen LogP contribution in [0.1, 0.15) is 12.8 Å². The van der Waals surface area contributed by atoms with Gasteiger partial charge in [-0.15, -0.1) is 0 Å². The fourth-order valence-electron chi connectivity index (χ4n) is 1.30. The third-order valence-electron chi connectivity index (χ3n) is 2.27. The van der Waals surface area contributed by atoms with Gasteiger partial charge in [0, 0.05) is 13.0 Å². The van der Waals surface area contributed by atoms with E-state index in [0.29, 0.717) is 40.2 Å². The van der Waals surface area contributed by atoms with Crippen molar-refractivity contribution in [3.8, 4) is 0 Å². The van der Waals surface area contributed by atoms with Gasteiger partial charge in [0.05, 0.1) is 22.8 Å². The number of esters is 1. The summed E-state index contributed by atoms with van der Waals surface area (Å²) >= 11 is 17.0. The molecule has 0 saturated carbocycles. The van der Waals surface area contributed by atoms with E-state index >= 15 is 0 Å². The molecule has 1 aromatic carbocycles. The highest BCUT2D eigenvalue weighted by atomic mass is 35.5. The molecule has 0 unspecified atom stereocenters. The first-order valence-corrected chi connectivity index (χ1v) is 6.76. The first-order valence-electron chi connectivity index (χ1n) is 5.60. The van der Waals surface area contributed by atoms with E-state index in [4.69, 9.17) is 35.4 Å². The van der Waals surface area contributed by atoms with E-state index in [1.54, 1.807) is 18.2 Å². The van der Waals surface area contributed by atoms with Gasteiger partial charge in [-0.2, -0.15) is 0 Å². The number of thiocarbonyl (C=S) groups is 1. The second-order valence-electron chi connectivity index (χ2n) is 3.66. The Morgan fingerprint density at radius 1 is 1.42 bits per heavy atom. The lowest BCUT2D eigenvalue weighted by Crippen LogP contribution is -2.29. The largest absolute Gasteiger partial charge is 0.469 e. The number of methoxy groups -OCH3 is 1. The maximum atomic E-state index is 10.9. The van der Waals surface area contributed by atoms with Gasteiger partial charge in [-0.25, -0.2) is 0 Å². The van der Waals surface area contributed by atoms with Gasteiger partial charge >= 0.3 is 5.97 Å². The van der Waals surface area contributed by atoms with Crippen LogP contribution in [0.3, 0.4) is 0 Å². The Hall–Kier alpha value is -1.04. The Balaban J connectivity index is 2.35. The average molecular weight is 321 g/mol. The summed E-state index contributed by atoms with van der Waals surface area (Å²) in [4.78, 5) is 10.9. The van der Waals surface area contributed by atoms with Crippen molar-refractivity contribution < 1.29 is 9.53 Å². The van der Waals surface area contributed by atoms with Crippen LogP contribution in [0.15, 0.2) is 18.2 Å². The molecule has 4 nitrogen and oxygen atoms in total. The standard InChI is InChI=1S/C12H14Cl2N2O2S/c1-18-10(17)6-3-7-15-12(19)16-9-5-2-4-8(13)11(9)14/h2,4-5H,3,6-7H2,1H3,(H2,15,16,19). The molecule has 0 spiro atoms. The van der Waals surface area contributed by atoms with E-state index in [0.717, 1.165) is 0 Å². The van der Waals surface area contributed by atoms with Crippen molar-refractivity contribution in [2.24, 2.45) is 0 Å². The number of halogens is 2. The Morgan fingerprint density at radius 3 is 2.84 bits per heavy atom. The number of hydrogen-bond donors (Lipinski definition) is 2. The van der Waals surface area contributed by atoms with Crippen LogP contribution in [-0.2, 0) is 9.53 Å². The van der Waals surface area contributed by atoms with Gasteiger partial charge < -0.3 is 15.4 Å². The molecule has 104 valence electrons. The first-order chi connectivity index (χ1) is 9.04. The van der Waals surface area contributed by atoms with Crippen LogP contribution in [-0.4, -0.2) is 24.7 Å². The fraction of sp³-hybridized carbons (Fsp3) is 0.333. The minimum absolute atomic E-state index is 0.237. The summed E-state index contributed by atoms with van der Waals surface area (Å²) in [5.41, 5.74) is 0.639. The maximum Gasteiger partial charge on any atom is 0.305 e. The Bertz CT molecular complexity index is 469. The van der Waals surface area contributed by atoms with Crippen molar-refractivity contribution in [3.05, 3.63) is 28.2 Å². The van der Waals surface area contributed by atoms with E-state index < -0.39 is 0 Å². The number of benzene rings is 1. The summed E-state index contributed by atoms with van der Waals surface area (Å²) in [6, 6.07) is 5.25. The van der Waals surface area contributed by atoms with Crippen molar-refractivity contribution >= 4 is 52.2 Å². The number of ether oxygens (including phenoxy) is 1. The van der Waals surface area contributed by atoms with Gasteiger partial charge in [0.2, 0.25) is 0 Å². The van der Waals surface area contributed by atoms with Crippen LogP contribution >= 0.6 is 35.4 Å². The molecule has 0 amide bonds. The van der Waals surface area contributed by atoms with E-state index in [1.807, 2.05) is 0 Å². The molecule has 0 aromatic heterocycles. The molecule has 0 bridgehead atoms. The quantitative estimate of drug-likeness (QED) is 0.495. The van der Waals surface area contributed by atoms with Crippen molar-refractivity contribution in [1.82, 2.24) is 5.32 Å². The molecule has 1 aromatic rings. The smallest absolute Gasteiger partial charge is 0.305 e. The first kappa shape index (κ1) is 16.0. The average Bonchev–Trinajstić information content (AvgIpc) is 2.39. The molecule has 0 fully saturated rings. The van der Waals surface area contributed by atoms with Crippen LogP contribution < -0.4 is 10.6 Å². The van der Waals surface area contributed by atoms with Crippen LogP contribution in [0.25, 0.3) is 0 Å². The molecule has 19 heavy (non-hydrogen) atoms. The van der Waals surface area contributed by atoms with Crippen LogP contribution in [0, 0.1) is 0 Å². The molecular weight excluding hydrogens is 307 g/mol. The highest BCUT2D eigenvalue weighted by Crippen LogP contribution is 2.29. The number of carbonyl (C=O) groups excluding carboxylic acids is 1. The van der Waals surface area contributed by atoms with Gasteiger partial charge in [-0.3, -0.25) is 4.79 Å². The molecule has 0 aliphatic rings. The van der Waals surface area contributed by atoms with Crippen LogP contribution in [0.2, 0.25) is 10.0 Å². The highest BCUT2D eigenvalue weighted by Gasteiger charge is 2.06. The second kappa shape index (κ2) is 8.19. The lowest BCUT2D eigenvalue weighted by atomic mass is 10.3. The highest BCUT2D eigenvalue weighted by molar-refractivity contribution is 7.80. The molecule has 0 atom stereocenters. The summed E-state index contributed by atoms with van der Waals surface area (Å²) < 4.78 is 4.53. The number of carbonyl (C=O) groups is 1. The summed E-state index contributed by atoms with van der Waals surface area (Å²) in [6.45, 7) is 0.569. The fourth-order valence-corrected chi connectivity index (χ4v) is 1.86. The van der Waals surface area contributed by atoms with E-state index in [9.17, 15) is 4.79 Å². The predicted octanol–water partition coefficient (Wildman–Crippen LogP) is 3.23. The Morgan fingerprint density at radius 2 is 2.16 bits per heavy atom. The molecule has 0 radical (unpaired) electrons. The zero-order valence-electron chi connectivity index (χ0n) is 10.3. The van der Waals surface area contributed by atoms with Crippen molar-refractivity contribution in [2.45, 2.75) is 12.8 Å². The monoisotopic (exact) mass is 320 g/mol. The molecule has 0 aliphatic heterocycles. The zero-order valence-corrected chi connectivity index (χ0v) is 12.7. The predicted molar refractivity (Wildman–Crippen MR) is 81.9 cm³/mol. The van der Waals surface area contributed by atoms with Crippen molar-refractivity contribution in [2.75, 3.05) is 19.0 Å². The van der Waals surface area contributed by atoms with Gasteiger partial charge in [0.15, 0.2) is 5.11 Å². The van der Waals surface area contributed by atoms with Gasteiger partial charge in [0.1, 0.15) is 0 Å². The summed E-state index contributed by atoms with van der Waals surface area (Å²) in [5.74, 6) is -0.237. The van der Waals surface area contributed by atoms with Gasteiger partial charge in [-0.1, -0.05) is 29.3 Å². The molecular formula is C12H14Cl2N2O2S. The third-order valence-corrected chi connectivity index (χ3v) is 3.34. The molecule has 0 aliphatic carbocycles. The molecule has 1 rings (SSSR count). The summed E-state index contributed by atoms with van der Waals surface area (Å²) in [5, 5.41) is 7.21. The Kier molecular flexibility index (Phi) is 6.91. The number of anilines is 1. The van der Waals surface area contributed by atoms with Crippen molar-refractivity contribution in [1.29, 1.82) is 0 Å². The lowest BCUT2D eigenvalue weighted by molar-refractivity contribution is -0.140. The zero-order chi connectivity index (χ0) is 14.3. The van der Waals surface area contributed by atoms with Crippen LogP contribution in [0.5, 0.6) is 0 Å². The van der Waals surface area contributed by atoms with Crippen molar-refractivity contribution in [3.63, 3.8) is 0 Å². The number of rotatable bonds is 5. The minimum atomic E-state index is -0.237. The molecule has 2 N–H and O–H groups in total. The van der Waals surface area contributed by atoms with Gasteiger partial charge in [-0.05, 0) is 30.8 Å². The minimum Gasteiger partial charge on any atom is -0.469 e. The second-order valence-corrected chi connectivity index (χ2v) is 4.86. The molecule has 0 saturated heterocycles.